The second-order valence-corrected chi connectivity index (χ2v) is 6.51. The van der Waals surface area contributed by atoms with E-state index in [4.69, 9.17) is 17.3 Å². The molecule has 1 heterocycles. The Kier molecular flexibility index (Phi) is 5.57. The number of thioether (sulfide) groups is 1. The van der Waals surface area contributed by atoms with Gasteiger partial charge in [0.2, 0.25) is 0 Å². The molecule has 1 unspecified atom stereocenters. The lowest BCUT2D eigenvalue weighted by atomic mass is 10.1. The molecule has 0 aliphatic heterocycles. The summed E-state index contributed by atoms with van der Waals surface area (Å²) in [5.41, 5.74) is 7.52. The van der Waals surface area contributed by atoms with Gasteiger partial charge in [0.25, 0.3) is 0 Å². The van der Waals surface area contributed by atoms with E-state index in [0.717, 1.165) is 23.6 Å². The normalized spacial score (nSPS) is 12.6. The molecule has 18 heavy (non-hydrogen) atoms. The van der Waals surface area contributed by atoms with Crippen molar-refractivity contribution in [3.05, 3.63) is 51.7 Å². The van der Waals surface area contributed by atoms with E-state index in [1.807, 2.05) is 18.2 Å². The number of rotatable bonds is 6. The summed E-state index contributed by atoms with van der Waals surface area (Å²) in [6.45, 7) is 0. The lowest BCUT2D eigenvalue weighted by molar-refractivity contribution is 0.675. The Morgan fingerprint density at radius 3 is 2.94 bits per heavy atom. The molecule has 0 saturated heterocycles. The largest absolute Gasteiger partial charge is 0.327 e. The van der Waals surface area contributed by atoms with Crippen LogP contribution in [0.4, 0.5) is 0 Å². The van der Waals surface area contributed by atoms with Crippen molar-refractivity contribution >= 4 is 34.7 Å². The van der Waals surface area contributed by atoms with Gasteiger partial charge in [0.15, 0.2) is 0 Å². The molecule has 0 radical (unpaired) electrons. The first-order chi connectivity index (χ1) is 8.74. The van der Waals surface area contributed by atoms with Crippen molar-refractivity contribution < 1.29 is 0 Å². The molecule has 1 aromatic carbocycles. The van der Waals surface area contributed by atoms with Crippen molar-refractivity contribution in [2.24, 2.45) is 5.73 Å². The van der Waals surface area contributed by atoms with Gasteiger partial charge < -0.3 is 5.73 Å². The molecular weight excluding hydrogens is 282 g/mol. The highest BCUT2D eigenvalue weighted by molar-refractivity contribution is 7.99. The molecule has 0 amide bonds. The van der Waals surface area contributed by atoms with Crippen molar-refractivity contribution in [2.75, 3.05) is 5.75 Å². The van der Waals surface area contributed by atoms with Gasteiger partial charge in [0.1, 0.15) is 0 Å². The van der Waals surface area contributed by atoms with Crippen molar-refractivity contribution in [3.8, 4) is 0 Å². The van der Waals surface area contributed by atoms with Crippen molar-refractivity contribution in [2.45, 2.75) is 23.8 Å². The highest BCUT2D eigenvalue weighted by Crippen LogP contribution is 2.22. The predicted octanol–water partition coefficient (Wildman–Crippen LogP) is 4.45. The summed E-state index contributed by atoms with van der Waals surface area (Å²) in [5, 5.41) is 5.09. The fraction of sp³-hybridized carbons (Fsp3) is 0.286. The average molecular weight is 298 g/mol. The highest BCUT2D eigenvalue weighted by atomic mass is 35.5. The van der Waals surface area contributed by atoms with Crippen LogP contribution in [0.25, 0.3) is 0 Å². The lowest BCUT2D eigenvalue weighted by Crippen LogP contribution is -2.23. The third kappa shape index (κ3) is 4.65. The van der Waals surface area contributed by atoms with Gasteiger partial charge in [-0.05, 0) is 53.4 Å². The summed E-state index contributed by atoms with van der Waals surface area (Å²) in [6, 6.07) is 10.3. The monoisotopic (exact) mass is 297 g/mol. The number of thiophene rings is 1. The fourth-order valence-electron chi connectivity index (χ4n) is 1.63. The SMILES string of the molecule is NC(CCc1ccsc1)CSc1cccc(Cl)c1. The van der Waals surface area contributed by atoms with Crippen molar-refractivity contribution in [1.29, 1.82) is 0 Å². The lowest BCUT2D eigenvalue weighted by Gasteiger charge is -2.10. The van der Waals surface area contributed by atoms with E-state index >= 15 is 0 Å². The van der Waals surface area contributed by atoms with Gasteiger partial charge in [-0.1, -0.05) is 17.7 Å². The first-order valence-electron chi connectivity index (χ1n) is 5.89. The Balaban J connectivity index is 1.73. The van der Waals surface area contributed by atoms with E-state index < -0.39 is 0 Å². The van der Waals surface area contributed by atoms with E-state index in [0.29, 0.717) is 0 Å². The number of nitrogens with two attached hydrogens (primary N) is 1. The van der Waals surface area contributed by atoms with Crippen LogP contribution in [-0.2, 0) is 6.42 Å². The number of hydrogen-bond donors (Lipinski definition) is 1. The molecule has 2 rings (SSSR count). The third-order valence-electron chi connectivity index (χ3n) is 2.64. The Bertz CT molecular complexity index is 470. The Morgan fingerprint density at radius 1 is 1.33 bits per heavy atom. The zero-order valence-electron chi connectivity index (χ0n) is 10.0. The van der Waals surface area contributed by atoms with E-state index in [2.05, 4.69) is 22.9 Å². The van der Waals surface area contributed by atoms with Crippen LogP contribution < -0.4 is 5.73 Å². The third-order valence-corrected chi connectivity index (χ3v) is 4.79. The predicted molar refractivity (Wildman–Crippen MR) is 82.8 cm³/mol. The van der Waals surface area contributed by atoms with E-state index in [1.54, 1.807) is 23.1 Å². The average Bonchev–Trinajstić information content (AvgIpc) is 2.87. The molecular formula is C14H16ClNS2. The number of halogens is 1. The molecule has 0 bridgehead atoms. The summed E-state index contributed by atoms with van der Waals surface area (Å²) in [5.74, 6) is 0.935. The number of hydrogen-bond acceptors (Lipinski definition) is 3. The maximum absolute atomic E-state index is 6.13. The molecule has 1 atom stereocenters. The minimum absolute atomic E-state index is 0.230. The first kappa shape index (κ1) is 13.9. The smallest absolute Gasteiger partial charge is 0.0417 e. The zero-order chi connectivity index (χ0) is 12.8. The molecule has 0 spiro atoms. The van der Waals surface area contributed by atoms with Crippen LogP contribution in [0.1, 0.15) is 12.0 Å². The van der Waals surface area contributed by atoms with Gasteiger partial charge in [0.05, 0.1) is 0 Å². The molecule has 4 heteroatoms. The molecule has 1 nitrogen and oxygen atoms in total. The molecule has 0 aliphatic rings. The Morgan fingerprint density at radius 2 is 2.22 bits per heavy atom. The van der Waals surface area contributed by atoms with Gasteiger partial charge in [-0.2, -0.15) is 11.3 Å². The van der Waals surface area contributed by atoms with E-state index in [1.165, 1.54) is 10.5 Å². The van der Waals surface area contributed by atoms with Gasteiger partial charge in [-0.25, -0.2) is 0 Å². The molecule has 0 saturated carbocycles. The second-order valence-electron chi connectivity index (χ2n) is 4.20. The quantitative estimate of drug-likeness (QED) is 0.797. The molecule has 0 fully saturated rings. The van der Waals surface area contributed by atoms with Crippen molar-refractivity contribution in [3.63, 3.8) is 0 Å². The second kappa shape index (κ2) is 7.19. The van der Waals surface area contributed by atoms with Crippen LogP contribution in [0.5, 0.6) is 0 Å². The van der Waals surface area contributed by atoms with Crippen LogP contribution in [0.15, 0.2) is 46.0 Å². The first-order valence-corrected chi connectivity index (χ1v) is 8.19. The summed E-state index contributed by atoms with van der Waals surface area (Å²) in [4.78, 5) is 1.19. The summed E-state index contributed by atoms with van der Waals surface area (Å²) < 4.78 is 0. The van der Waals surface area contributed by atoms with Crippen molar-refractivity contribution in [1.82, 2.24) is 0 Å². The summed E-state index contributed by atoms with van der Waals surface area (Å²) in [7, 11) is 0. The maximum Gasteiger partial charge on any atom is 0.0417 e. The van der Waals surface area contributed by atoms with Gasteiger partial charge in [-0.15, -0.1) is 11.8 Å². The zero-order valence-corrected chi connectivity index (χ0v) is 12.4. The standard InChI is InChI=1S/C14H16ClNS2/c15-12-2-1-3-14(8-12)18-10-13(16)5-4-11-6-7-17-9-11/h1-3,6-9,13H,4-5,10,16H2. The number of aryl methyl sites for hydroxylation is 1. The van der Waals surface area contributed by atoms with Crippen LogP contribution in [0, 0.1) is 0 Å². The van der Waals surface area contributed by atoms with Crippen LogP contribution in [0.3, 0.4) is 0 Å². The molecule has 1 aromatic heterocycles. The number of benzene rings is 1. The van der Waals surface area contributed by atoms with Gasteiger partial charge in [-0.3, -0.25) is 0 Å². The molecule has 96 valence electrons. The van der Waals surface area contributed by atoms with E-state index in [9.17, 15) is 0 Å². The van der Waals surface area contributed by atoms with Crippen LogP contribution >= 0.6 is 34.7 Å². The Labute approximate surface area is 121 Å². The van der Waals surface area contributed by atoms with Crippen LogP contribution in [-0.4, -0.2) is 11.8 Å². The maximum atomic E-state index is 6.13. The minimum Gasteiger partial charge on any atom is -0.327 e. The molecule has 2 N–H and O–H groups in total. The van der Waals surface area contributed by atoms with Gasteiger partial charge >= 0.3 is 0 Å². The van der Waals surface area contributed by atoms with Gasteiger partial charge in [0, 0.05) is 21.7 Å². The minimum atomic E-state index is 0.230. The fourth-order valence-corrected chi connectivity index (χ4v) is 3.55. The molecule has 2 aromatic rings. The Hall–Kier alpha value is -0.480. The highest BCUT2D eigenvalue weighted by Gasteiger charge is 2.05. The van der Waals surface area contributed by atoms with Crippen LogP contribution in [0.2, 0.25) is 5.02 Å². The summed E-state index contributed by atoms with van der Waals surface area (Å²) in [6.07, 6.45) is 2.10. The topological polar surface area (TPSA) is 26.0 Å². The summed E-state index contributed by atoms with van der Waals surface area (Å²) >= 11 is 9.46. The molecule has 0 aliphatic carbocycles. The van der Waals surface area contributed by atoms with E-state index in [-0.39, 0.29) is 6.04 Å².